The number of nitrogens with one attached hydrogen (secondary N) is 1. The Kier molecular flexibility index (Phi) is 3.10. The number of fused-ring (bicyclic) bond motifs is 1. The molecule has 6 heteroatoms. The fourth-order valence-corrected chi connectivity index (χ4v) is 2.00. The van der Waals surface area contributed by atoms with E-state index in [2.05, 4.69) is 5.32 Å². The molecule has 2 amide bonds. The molecule has 1 aliphatic heterocycles. The number of carbonyl (C=O) groups excluding carboxylic acids is 2. The summed E-state index contributed by atoms with van der Waals surface area (Å²) in [5.74, 6) is 0.259. The molecule has 0 aliphatic carbocycles. The zero-order valence-corrected chi connectivity index (χ0v) is 10.3. The van der Waals surface area contributed by atoms with Gasteiger partial charge in [0.25, 0.3) is 5.91 Å². The lowest BCUT2D eigenvalue weighted by Gasteiger charge is -2.22. The summed E-state index contributed by atoms with van der Waals surface area (Å²) in [4.78, 5) is 23.3. The van der Waals surface area contributed by atoms with Crippen molar-refractivity contribution in [1.29, 1.82) is 0 Å². The summed E-state index contributed by atoms with van der Waals surface area (Å²) in [5.41, 5.74) is 0.803. The molecule has 18 heavy (non-hydrogen) atoms. The van der Waals surface area contributed by atoms with Crippen LogP contribution in [0.4, 0.5) is 0 Å². The monoisotopic (exact) mass is 251 g/mol. The second-order valence-corrected chi connectivity index (χ2v) is 3.72. The number of hydrogen-bond acceptors (Lipinski definition) is 5. The van der Waals surface area contributed by atoms with E-state index in [1.807, 2.05) is 0 Å². The van der Waals surface area contributed by atoms with E-state index in [0.29, 0.717) is 22.8 Å². The summed E-state index contributed by atoms with van der Waals surface area (Å²) in [6.07, 6.45) is 0.0740. The van der Waals surface area contributed by atoms with Crippen molar-refractivity contribution in [3.05, 3.63) is 17.2 Å². The van der Waals surface area contributed by atoms with E-state index in [4.69, 9.17) is 14.2 Å². The van der Waals surface area contributed by atoms with Crippen molar-refractivity contribution in [2.45, 2.75) is 6.42 Å². The van der Waals surface area contributed by atoms with Gasteiger partial charge in [-0.05, 0) is 0 Å². The molecular weight excluding hydrogens is 238 g/mol. The lowest BCUT2D eigenvalue weighted by molar-refractivity contribution is -0.119. The van der Waals surface area contributed by atoms with Gasteiger partial charge in [-0.1, -0.05) is 0 Å². The van der Waals surface area contributed by atoms with Crippen molar-refractivity contribution in [2.24, 2.45) is 0 Å². The Balaban J connectivity index is 2.74. The van der Waals surface area contributed by atoms with Crippen LogP contribution in [0.15, 0.2) is 6.07 Å². The van der Waals surface area contributed by atoms with Gasteiger partial charge in [-0.2, -0.15) is 0 Å². The first-order chi connectivity index (χ1) is 8.62. The third-order valence-corrected chi connectivity index (χ3v) is 2.77. The van der Waals surface area contributed by atoms with Crippen molar-refractivity contribution >= 4 is 11.8 Å². The van der Waals surface area contributed by atoms with Crippen LogP contribution < -0.4 is 19.5 Å². The second-order valence-electron chi connectivity index (χ2n) is 3.72. The van der Waals surface area contributed by atoms with E-state index >= 15 is 0 Å². The van der Waals surface area contributed by atoms with Gasteiger partial charge in [0, 0.05) is 11.6 Å². The average Bonchev–Trinajstić information content (AvgIpc) is 2.36. The highest BCUT2D eigenvalue weighted by Crippen LogP contribution is 2.40. The molecule has 0 bridgehead atoms. The molecule has 0 atom stereocenters. The van der Waals surface area contributed by atoms with Crippen LogP contribution in [-0.4, -0.2) is 33.1 Å². The van der Waals surface area contributed by atoms with Crippen molar-refractivity contribution < 1.29 is 23.8 Å². The van der Waals surface area contributed by atoms with Crippen LogP contribution >= 0.6 is 0 Å². The maximum absolute atomic E-state index is 11.9. The standard InChI is InChI=1S/C12H13NO5/c1-16-7-5-8(17-2)11(18-3)10-6(7)4-9(14)13-12(10)15/h5H,4H2,1-3H3,(H,13,14,15). The minimum atomic E-state index is -0.504. The molecule has 0 saturated heterocycles. The van der Waals surface area contributed by atoms with Crippen molar-refractivity contribution in [2.75, 3.05) is 21.3 Å². The highest BCUT2D eigenvalue weighted by molar-refractivity contribution is 6.12. The number of methoxy groups -OCH3 is 3. The van der Waals surface area contributed by atoms with E-state index in [0.717, 1.165) is 0 Å². The van der Waals surface area contributed by atoms with Gasteiger partial charge in [0.2, 0.25) is 5.91 Å². The summed E-state index contributed by atoms with van der Waals surface area (Å²) in [7, 11) is 4.38. The zero-order valence-electron chi connectivity index (χ0n) is 10.3. The highest BCUT2D eigenvalue weighted by atomic mass is 16.5. The summed E-state index contributed by atoms with van der Waals surface area (Å²) >= 11 is 0. The number of imide groups is 1. The summed E-state index contributed by atoms with van der Waals surface area (Å²) in [6, 6.07) is 1.60. The van der Waals surface area contributed by atoms with Gasteiger partial charge in [-0.3, -0.25) is 14.9 Å². The molecule has 0 spiro atoms. The quantitative estimate of drug-likeness (QED) is 0.793. The van der Waals surface area contributed by atoms with Crippen LogP contribution in [0, 0.1) is 0 Å². The third kappa shape index (κ3) is 1.75. The third-order valence-electron chi connectivity index (χ3n) is 2.77. The molecule has 6 nitrogen and oxygen atoms in total. The molecule has 0 unspecified atom stereocenters. The highest BCUT2D eigenvalue weighted by Gasteiger charge is 2.31. The molecule has 1 aromatic carbocycles. The van der Waals surface area contributed by atoms with Gasteiger partial charge >= 0.3 is 0 Å². The Labute approximate surface area is 104 Å². The molecule has 0 saturated carbocycles. The number of amides is 2. The van der Waals surface area contributed by atoms with E-state index < -0.39 is 5.91 Å². The molecule has 1 aliphatic rings. The van der Waals surface area contributed by atoms with Crippen molar-refractivity contribution in [3.63, 3.8) is 0 Å². The van der Waals surface area contributed by atoms with E-state index in [1.165, 1.54) is 21.3 Å². The Bertz CT molecular complexity index is 524. The minimum Gasteiger partial charge on any atom is -0.496 e. The van der Waals surface area contributed by atoms with Gasteiger partial charge in [0.15, 0.2) is 11.5 Å². The first-order valence-corrected chi connectivity index (χ1v) is 5.28. The van der Waals surface area contributed by atoms with Gasteiger partial charge < -0.3 is 14.2 Å². The van der Waals surface area contributed by atoms with Gasteiger partial charge in [0.1, 0.15) is 5.75 Å². The summed E-state index contributed by atoms with van der Waals surface area (Å²) in [5, 5.41) is 2.24. The van der Waals surface area contributed by atoms with Crippen LogP contribution in [0.1, 0.15) is 15.9 Å². The molecule has 1 N–H and O–H groups in total. The zero-order chi connectivity index (χ0) is 13.3. The number of benzene rings is 1. The lowest BCUT2D eigenvalue weighted by atomic mass is 9.97. The summed E-state index contributed by atoms with van der Waals surface area (Å²) in [6.45, 7) is 0. The van der Waals surface area contributed by atoms with E-state index in [9.17, 15) is 9.59 Å². The topological polar surface area (TPSA) is 73.9 Å². The number of hydrogen-bond donors (Lipinski definition) is 1. The number of ether oxygens (including phenoxy) is 3. The first kappa shape index (κ1) is 12.2. The number of rotatable bonds is 3. The Morgan fingerprint density at radius 3 is 2.28 bits per heavy atom. The molecule has 0 aromatic heterocycles. The van der Waals surface area contributed by atoms with E-state index in [1.54, 1.807) is 6.07 Å². The normalized spacial score (nSPS) is 13.7. The maximum Gasteiger partial charge on any atom is 0.262 e. The van der Waals surface area contributed by atoms with Gasteiger partial charge in [-0.15, -0.1) is 0 Å². The van der Waals surface area contributed by atoms with Crippen LogP contribution in [0.5, 0.6) is 17.2 Å². The SMILES string of the molecule is COc1cc(OC)c(OC)c2c1CC(=O)NC2=O. The fourth-order valence-electron chi connectivity index (χ4n) is 2.00. The van der Waals surface area contributed by atoms with Crippen LogP contribution in [0.2, 0.25) is 0 Å². The minimum absolute atomic E-state index is 0.0740. The Morgan fingerprint density at radius 2 is 1.72 bits per heavy atom. The fraction of sp³-hybridized carbons (Fsp3) is 0.333. The second kappa shape index (κ2) is 4.56. The van der Waals surface area contributed by atoms with Crippen molar-refractivity contribution in [3.8, 4) is 17.2 Å². The van der Waals surface area contributed by atoms with Gasteiger partial charge in [0.05, 0.1) is 33.3 Å². The van der Waals surface area contributed by atoms with Gasteiger partial charge in [-0.25, -0.2) is 0 Å². The van der Waals surface area contributed by atoms with Crippen LogP contribution in [0.3, 0.4) is 0 Å². The molecule has 2 rings (SSSR count). The molecule has 0 fully saturated rings. The molecule has 0 radical (unpaired) electrons. The van der Waals surface area contributed by atoms with Crippen molar-refractivity contribution in [1.82, 2.24) is 5.32 Å². The smallest absolute Gasteiger partial charge is 0.262 e. The summed E-state index contributed by atoms with van der Waals surface area (Å²) < 4.78 is 15.5. The van der Waals surface area contributed by atoms with Crippen LogP contribution in [0.25, 0.3) is 0 Å². The van der Waals surface area contributed by atoms with E-state index in [-0.39, 0.29) is 17.9 Å². The first-order valence-electron chi connectivity index (χ1n) is 5.28. The average molecular weight is 251 g/mol. The molecular formula is C12H13NO5. The predicted molar refractivity (Wildman–Crippen MR) is 62.3 cm³/mol. The molecule has 1 heterocycles. The maximum atomic E-state index is 11.9. The predicted octanol–water partition coefficient (Wildman–Crippen LogP) is 0.525. The Hall–Kier alpha value is -2.24. The Morgan fingerprint density at radius 1 is 1.06 bits per heavy atom. The molecule has 1 aromatic rings. The van der Waals surface area contributed by atoms with Crippen LogP contribution in [-0.2, 0) is 11.2 Å². The molecule has 96 valence electrons. The lowest BCUT2D eigenvalue weighted by Crippen LogP contribution is -2.37. The number of carbonyl (C=O) groups is 2. The largest absolute Gasteiger partial charge is 0.496 e.